The highest BCUT2D eigenvalue weighted by Crippen LogP contribution is 2.40. The van der Waals surface area contributed by atoms with Crippen LogP contribution in [0.5, 0.6) is 0 Å². The van der Waals surface area contributed by atoms with Gasteiger partial charge < -0.3 is 14.2 Å². The monoisotopic (exact) mass is 462 g/mol. The molecule has 2 aromatic carbocycles. The molecule has 34 heavy (non-hydrogen) atoms. The van der Waals surface area contributed by atoms with Crippen molar-refractivity contribution in [2.75, 3.05) is 6.54 Å². The van der Waals surface area contributed by atoms with E-state index in [-0.39, 0.29) is 23.5 Å². The zero-order chi connectivity index (χ0) is 24.3. The van der Waals surface area contributed by atoms with Gasteiger partial charge in [-0.05, 0) is 60.2 Å². The van der Waals surface area contributed by atoms with Gasteiger partial charge in [-0.1, -0.05) is 49.7 Å². The fourth-order valence-electron chi connectivity index (χ4n) is 4.66. The highest BCUT2D eigenvalue weighted by atomic mass is 19.1. The Bertz CT molecular complexity index is 1200. The summed E-state index contributed by atoms with van der Waals surface area (Å²) < 4.78 is 21.2. The van der Waals surface area contributed by atoms with E-state index in [4.69, 9.17) is 4.74 Å². The SMILES string of the molecule is CCCCC1(c2ccc(F)cc2)CCN(C(C)c2ccc(-c3ccc(=O)n(C)c3)cc2)C(=O)O1. The minimum atomic E-state index is -0.718. The largest absolute Gasteiger partial charge is 0.438 e. The molecule has 3 aromatic rings. The van der Waals surface area contributed by atoms with Crippen LogP contribution in [0.15, 0.2) is 71.7 Å². The molecule has 2 unspecified atom stereocenters. The Hall–Kier alpha value is -3.41. The number of cyclic esters (lactones) is 1. The van der Waals surface area contributed by atoms with Crippen LogP contribution in [-0.2, 0) is 17.4 Å². The van der Waals surface area contributed by atoms with Gasteiger partial charge in [-0.3, -0.25) is 4.79 Å². The molecule has 2 heterocycles. The summed E-state index contributed by atoms with van der Waals surface area (Å²) in [6, 6.07) is 17.6. The quantitative estimate of drug-likeness (QED) is 0.421. The van der Waals surface area contributed by atoms with Crippen molar-refractivity contribution in [3.05, 3.63) is 94.2 Å². The Morgan fingerprint density at radius 2 is 1.68 bits per heavy atom. The summed E-state index contributed by atoms with van der Waals surface area (Å²) in [7, 11) is 1.73. The first-order valence-corrected chi connectivity index (χ1v) is 11.9. The van der Waals surface area contributed by atoms with Crippen LogP contribution in [0.1, 0.15) is 56.7 Å². The number of amides is 1. The van der Waals surface area contributed by atoms with E-state index in [9.17, 15) is 14.0 Å². The molecule has 6 heteroatoms. The Labute approximate surface area is 199 Å². The molecule has 1 aliphatic rings. The molecule has 0 spiro atoms. The second-order valence-electron chi connectivity index (χ2n) is 9.08. The van der Waals surface area contributed by atoms with Gasteiger partial charge in [0, 0.05) is 32.3 Å². The Kier molecular flexibility index (Phi) is 6.87. The number of pyridine rings is 1. The summed E-state index contributed by atoms with van der Waals surface area (Å²) in [6.07, 6.45) is 4.76. The van der Waals surface area contributed by atoms with E-state index >= 15 is 0 Å². The number of carbonyl (C=O) groups is 1. The van der Waals surface area contributed by atoms with Crippen LogP contribution in [0.3, 0.4) is 0 Å². The van der Waals surface area contributed by atoms with E-state index in [2.05, 4.69) is 6.92 Å². The van der Waals surface area contributed by atoms with Crippen LogP contribution in [0.2, 0.25) is 0 Å². The van der Waals surface area contributed by atoms with Crippen molar-refractivity contribution in [1.29, 1.82) is 0 Å². The average molecular weight is 463 g/mol. The van der Waals surface area contributed by atoms with Crippen molar-refractivity contribution < 1.29 is 13.9 Å². The van der Waals surface area contributed by atoms with Crippen molar-refractivity contribution in [2.24, 2.45) is 7.05 Å². The summed E-state index contributed by atoms with van der Waals surface area (Å²) in [6.45, 7) is 4.67. The molecule has 0 radical (unpaired) electrons. The number of aromatic nitrogens is 1. The smallest absolute Gasteiger partial charge is 0.411 e. The fourth-order valence-corrected chi connectivity index (χ4v) is 4.66. The normalized spacial score (nSPS) is 19.1. The Morgan fingerprint density at radius 1 is 1.00 bits per heavy atom. The average Bonchev–Trinajstić information content (AvgIpc) is 2.84. The molecular formula is C28H31FN2O3. The van der Waals surface area contributed by atoms with Crippen LogP contribution in [-0.4, -0.2) is 22.1 Å². The van der Waals surface area contributed by atoms with Gasteiger partial charge in [0.2, 0.25) is 5.56 Å². The molecule has 0 aliphatic carbocycles. The maximum absolute atomic E-state index is 13.5. The van der Waals surface area contributed by atoms with Crippen molar-refractivity contribution >= 4 is 6.09 Å². The van der Waals surface area contributed by atoms with Gasteiger partial charge in [-0.2, -0.15) is 0 Å². The lowest BCUT2D eigenvalue weighted by Crippen LogP contribution is -2.48. The third kappa shape index (κ3) is 4.76. The Balaban J connectivity index is 1.52. The van der Waals surface area contributed by atoms with Gasteiger partial charge >= 0.3 is 6.09 Å². The summed E-state index contributed by atoms with van der Waals surface area (Å²) >= 11 is 0. The highest BCUT2D eigenvalue weighted by molar-refractivity contribution is 5.70. The summed E-state index contributed by atoms with van der Waals surface area (Å²) in [5.41, 5.74) is 3.05. The van der Waals surface area contributed by atoms with Crippen LogP contribution in [0.25, 0.3) is 11.1 Å². The number of benzene rings is 2. The summed E-state index contributed by atoms with van der Waals surface area (Å²) in [4.78, 5) is 26.6. The molecule has 1 aliphatic heterocycles. The molecular weight excluding hydrogens is 431 g/mol. The first-order chi connectivity index (χ1) is 16.3. The lowest BCUT2D eigenvalue weighted by atomic mass is 9.84. The number of ether oxygens (including phenoxy) is 1. The summed E-state index contributed by atoms with van der Waals surface area (Å²) in [5.74, 6) is -0.298. The second kappa shape index (κ2) is 9.84. The molecule has 0 N–H and O–H groups in total. The standard InChI is InChI=1S/C28H31FN2O3/c1-4-5-16-28(24-11-13-25(29)14-12-24)17-18-31(27(33)34-28)20(2)21-6-8-22(9-7-21)23-10-15-26(32)30(3)19-23/h6-15,19-20H,4-5,16-18H2,1-3H3. The van der Waals surface area contributed by atoms with E-state index in [1.165, 1.54) is 12.1 Å². The second-order valence-corrected chi connectivity index (χ2v) is 9.08. The predicted molar refractivity (Wildman–Crippen MR) is 131 cm³/mol. The van der Waals surface area contributed by atoms with Crippen molar-refractivity contribution in [3.8, 4) is 11.1 Å². The van der Waals surface area contributed by atoms with E-state index < -0.39 is 5.60 Å². The number of rotatable bonds is 7. The van der Waals surface area contributed by atoms with Gasteiger partial charge in [0.05, 0.1) is 6.04 Å². The number of aryl methyl sites for hydroxylation is 1. The van der Waals surface area contributed by atoms with E-state index in [0.717, 1.165) is 41.5 Å². The maximum Gasteiger partial charge on any atom is 0.411 e. The number of unbranched alkanes of at least 4 members (excludes halogenated alkanes) is 1. The third-order valence-corrected chi connectivity index (χ3v) is 6.86. The van der Waals surface area contributed by atoms with Gasteiger partial charge in [-0.15, -0.1) is 0 Å². The van der Waals surface area contributed by atoms with Crippen molar-refractivity contribution in [2.45, 2.75) is 51.2 Å². The minimum Gasteiger partial charge on any atom is -0.438 e. The maximum atomic E-state index is 13.5. The van der Waals surface area contributed by atoms with E-state index in [1.807, 2.05) is 43.5 Å². The van der Waals surface area contributed by atoms with Crippen LogP contribution >= 0.6 is 0 Å². The minimum absolute atomic E-state index is 0.0479. The molecule has 5 nitrogen and oxygen atoms in total. The molecule has 178 valence electrons. The third-order valence-electron chi connectivity index (χ3n) is 6.86. The predicted octanol–water partition coefficient (Wildman–Crippen LogP) is 6.18. The number of hydrogen-bond donors (Lipinski definition) is 0. The molecule has 4 rings (SSSR count). The molecule has 0 saturated carbocycles. The molecule has 1 aromatic heterocycles. The first kappa shape index (κ1) is 23.7. The van der Waals surface area contributed by atoms with E-state index in [1.54, 1.807) is 34.7 Å². The Morgan fingerprint density at radius 3 is 2.29 bits per heavy atom. The number of halogens is 1. The van der Waals surface area contributed by atoms with Gasteiger partial charge in [0.25, 0.3) is 0 Å². The number of hydrogen-bond acceptors (Lipinski definition) is 3. The highest BCUT2D eigenvalue weighted by Gasteiger charge is 2.43. The van der Waals surface area contributed by atoms with Crippen LogP contribution in [0, 0.1) is 5.82 Å². The molecule has 1 amide bonds. The van der Waals surface area contributed by atoms with Crippen molar-refractivity contribution in [3.63, 3.8) is 0 Å². The number of nitrogens with zero attached hydrogens (tertiary/aromatic N) is 2. The lowest BCUT2D eigenvalue weighted by Gasteiger charge is -2.43. The zero-order valence-corrected chi connectivity index (χ0v) is 20.0. The molecule has 0 bridgehead atoms. The van der Waals surface area contributed by atoms with Crippen LogP contribution < -0.4 is 5.56 Å². The van der Waals surface area contributed by atoms with Gasteiger partial charge in [-0.25, -0.2) is 9.18 Å². The van der Waals surface area contributed by atoms with Gasteiger partial charge in [0.15, 0.2) is 0 Å². The molecule has 1 fully saturated rings. The van der Waals surface area contributed by atoms with Crippen molar-refractivity contribution in [1.82, 2.24) is 9.47 Å². The zero-order valence-electron chi connectivity index (χ0n) is 20.0. The molecule has 1 saturated heterocycles. The lowest BCUT2D eigenvalue weighted by molar-refractivity contribution is -0.0665. The number of carbonyl (C=O) groups excluding carboxylic acids is 1. The van der Waals surface area contributed by atoms with E-state index in [0.29, 0.717) is 13.0 Å². The summed E-state index contributed by atoms with van der Waals surface area (Å²) in [5, 5.41) is 0. The van der Waals surface area contributed by atoms with Crippen LogP contribution in [0.4, 0.5) is 9.18 Å². The first-order valence-electron chi connectivity index (χ1n) is 11.9. The van der Waals surface area contributed by atoms with Gasteiger partial charge in [0.1, 0.15) is 11.4 Å². The fraction of sp³-hybridized carbons (Fsp3) is 0.357. The molecule has 2 atom stereocenters. The topological polar surface area (TPSA) is 51.5 Å².